The highest BCUT2D eigenvalue weighted by atomic mass is 16.5. The van der Waals surface area contributed by atoms with E-state index >= 15 is 0 Å². The summed E-state index contributed by atoms with van der Waals surface area (Å²) in [6.45, 7) is 10.2. The van der Waals surface area contributed by atoms with E-state index in [1.54, 1.807) is 0 Å². The van der Waals surface area contributed by atoms with Crippen LogP contribution in [0.4, 0.5) is 0 Å². The van der Waals surface area contributed by atoms with Crippen LogP contribution in [-0.4, -0.2) is 18.2 Å². The maximum atomic E-state index is 11.8. The van der Waals surface area contributed by atoms with Gasteiger partial charge in [-0.25, -0.2) is 5.43 Å². The molecule has 0 saturated carbocycles. The van der Waals surface area contributed by atoms with Gasteiger partial charge in [0.2, 0.25) is 0 Å². The van der Waals surface area contributed by atoms with E-state index in [-0.39, 0.29) is 12.5 Å². The maximum Gasteiger partial charge on any atom is 0.277 e. The molecule has 116 valence electrons. The number of nitrogens with one attached hydrogen (secondary N) is 1. The Morgan fingerprint density at radius 3 is 2.52 bits per heavy atom. The summed E-state index contributed by atoms with van der Waals surface area (Å²) < 4.78 is 5.66. The molecule has 0 aromatic heterocycles. The lowest BCUT2D eigenvalue weighted by atomic mass is 10.0. The fourth-order valence-electron chi connectivity index (χ4n) is 1.97. The monoisotopic (exact) mass is 290 g/mol. The summed E-state index contributed by atoms with van der Waals surface area (Å²) >= 11 is 0. The van der Waals surface area contributed by atoms with Gasteiger partial charge in [-0.2, -0.15) is 5.10 Å². The third-order valence-electron chi connectivity index (χ3n) is 3.30. The van der Waals surface area contributed by atoms with Gasteiger partial charge in [0.25, 0.3) is 5.91 Å². The van der Waals surface area contributed by atoms with Crippen LogP contribution in [0, 0.1) is 6.92 Å². The summed E-state index contributed by atoms with van der Waals surface area (Å²) in [7, 11) is 0. The number of hydrogen-bond donors (Lipinski definition) is 1. The molecule has 0 unspecified atom stereocenters. The number of aryl methyl sites for hydroxylation is 1. The van der Waals surface area contributed by atoms with Gasteiger partial charge in [-0.15, -0.1) is 0 Å². The zero-order valence-corrected chi connectivity index (χ0v) is 13.7. The van der Waals surface area contributed by atoms with Crippen molar-refractivity contribution in [1.29, 1.82) is 0 Å². The van der Waals surface area contributed by atoms with Gasteiger partial charge in [0, 0.05) is 5.71 Å². The molecule has 0 bridgehead atoms. The second-order valence-electron chi connectivity index (χ2n) is 5.40. The zero-order valence-electron chi connectivity index (χ0n) is 13.7. The average Bonchev–Trinajstić information content (AvgIpc) is 2.45. The van der Waals surface area contributed by atoms with Crippen LogP contribution in [-0.2, 0) is 4.79 Å². The molecular formula is C17H26N2O2. The fourth-order valence-corrected chi connectivity index (χ4v) is 1.97. The molecule has 0 fully saturated rings. The number of rotatable bonds is 7. The molecule has 1 aromatic rings. The first-order chi connectivity index (χ1) is 9.97. The van der Waals surface area contributed by atoms with E-state index in [4.69, 9.17) is 4.74 Å². The largest absolute Gasteiger partial charge is 0.483 e. The molecule has 0 radical (unpaired) electrons. The van der Waals surface area contributed by atoms with Gasteiger partial charge in [0.15, 0.2) is 6.61 Å². The van der Waals surface area contributed by atoms with E-state index in [0.29, 0.717) is 5.92 Å². The molecule has 0 aliphatic rings. The zero-order chi connectivity index (χ0) is 15.8. The van der Waals surface area contributed by atoms with E-state index < -0.39 is 0 Å². The summed E-state index contributed by atoms with van der Waals surface area (Å²) in [4.78, 5) is 11.8. The Hall–Kier alpha value is -1.84. The topological polar surface area (TPSA) is 50.7 Å². The Bertz CT molecular complexity index is 502. The van der Waals surface area contributed by atoms with Gasteiger partial charge in [0.05, 0.1) is 0 Å². The molecule has 0 aliphatic heterocycles. The number of carbonyl (C=O) groups excluding carboxylic acids is 1. The minimum atomic E-state index is -0.231. The molecule has 1 rings (SSSR count). The minimum absolute atomic E-state index is 0.0205. The van der Waals surface area contributed by atoms with E-state index in [2.05, 4.69) is 36.5 Å². The Balaban J connectivity index is 2.65. The summed E-state index contributed by atoms with van der Waals surface area (Å²) in [6.07, 6.45) is 1.68. The van der Waals surface area contributed by atoms with Crippen molar-refractivity contribution in [2.75, 3.05) is 6.61 Å². The molecule has 0 aliphatic carbocycles. The third kappa shape index (κ3) is 5.58. The summed E-state index contributed by atoms with van der Waals surface area (Å²) in [5, 5.41) is 4.09. The molecule has 4 nitrogen and oxygen atoms in total. The molecule has 1 aromatic carbocycles. The highest BCUT2D eigenvalue weighted by Crippen LogP contribution is 2.27. The number of hydrogen-bond acceptors (Lipinski definition) is 3. The molecule has 1 amide bonds. The Labute approximate surface area is 127 Å². The van der Waals surface area contributed by atoms with E-state index in [0.717, 1.165) is 35.4 Å². The number of ether oxygens (including phenoxy) is 1. The van der Waals surface area contributed by atoms with E-state index in [1.807, 2.05) is 26.8 Å². The Morgan fingerprint density at radius 2 is 1.95 bits per heavy atom. The van der Waals surface area contributed by atoms with Crippen LogP contribution in [0.1, 0.15) is 57.6 Å². The minimum Gasteiger partial charge on any atom is -0.483 e. The van der Waals surface area contributed by atoms with Gasteiger partial charge in [0.1, 0.15) is 5.75 Å². The normalized spacial score (nSPS) is 10.4. The molecule has 0 saturated heterocycles. The first-order valence-corrected chi connectivity index (χ1v) is 7.55. The molecule has 1 N–H and O–H groups in total. The van der Waals surface area contributed by atoms with Crippen molar-refractivity contribution in [1.82, 2.24) is 5.43 Å². The van der Waals surface area contributed by atoms with Crippen molar-refractivity contribution in [3.8, 4) is 5.75 Å². The van der Waals surface area contributed by atoms with Crippen molar-refractivity contribution in [3.63, 3.8) is 0 Å². The number of carbonyl (C=O) groups is 1. The molecule has 0 atom stereocenters. The smallest absolute Gasteiger partial charge is 0.277 e. The van der Waals surface area contributed by atoms with Gasteiger partial charge >= 0.3 is 0 Å². The predicted molar refractivity (Wildman–Crippen MR) is 86.9 cm³/mol. The van der Waals surface area contributed by atoms with Gasteiger partial charge < -0.3 is 4.74 Å². The lowest BCUT2D eigenvalue weighted by molar-refractivity contribution is -0.123. The highest BCUT2D eigenvalue weighted by Gasteiger charge is 2.10. The number of hydrazone groups is 1. The second-order valence-corrected chi connectivity index (χ2v) is 5.40. The van der Waals surface area contributed by atoms with Crippen LogP contribution < -0.4 is 10.2 Å². The van der Waals surface area contributed by atoms with Crippen LogP contribution >= 0.6 is 0 Å². The lowest BCUT2D eigenvalue weighted by Crippen LogP contribution is -2.26. The van der Waals surface area contributed by atoms with Crippen LogP contribution in [0.2, 0.25) is 0 Å². The second kappa shape index (κ2) is 8.45. The molecule has 0 heterocycles. The van der Waals surface area contributed by atoms with Crippen molar-refractivity contribution in [2.24, 2.45) is 5.10 Å². The van der Waals surface area contributed by atoms with Crippen LogP contribution in [0.3, 0.4) is 0 Å². The van der Waals surface area contributed by atoms with Gasteiger partial charge in [-0.1, -0.05) is 39.8 Å². The van der Waals surface area contributed by atoms with Crippen molar-refractivity contribution >= 4 is 11.6 Å². The first-order valence-electron chi connectivity index (χ1n) is 7.55. The van der Waals surface area contributed by atoms with E-state index in [1.165, 1.54) is 0 Å². The van der Waals surface area contributed by atoms with Gasteiger partial charge in [-0.05, 0) is 42.9 Å². The predicted octanol–water partition coefficient (Wildman–Crippen LogP) is 3.79. The average molecular weight is 290 g/mol. The highest BCUT2D eigenvalue weighted by molar-refractivity contribution is 5.86. The van der Waals surface area contributed by atoms with E-state index in [9.17, 15) is 4.79 Å². The Kier molecular flexibility index (Phi) is 6.92. The fraction of sp³-hybridized carbons (Fsp3) is 0.529. The molecule has 4 heteroatoms. The Morgan fingerprint density at radius 1 is 1.29 bits per heavy atom. The number of amides is 1. The molecule has 0 spiro atoms. The standard InChI is InChI=1S/C17H26N2O2/c1-6-14(7-2)18-19-17(20)11-21-16-10-13(5)8-9-15(16)12(3)4/h8-10,12H,6-7,11H2,1-5H3,(H,19,20). The van der Waals surface area contributed by atoms with Crippen molar-refractivity contribution < 1.29 is 9.53 Å². The van der Waals surface area contributed by atoms with Crippen molar-refractivity contribution in [3.05, 3.63) is 29.3 Å². The van der Waals surface area contributed by atoms with Crippen LogP contribution in [0.15, 0.2) is 23.3 Å². The third-order valence-corrected chi connectivity index (χ3v) is 3.30. The van der Waals surface area contributed by atoms with Crippen LogP contribution in [0.5, 0.6) is 5.75 Å². The first kappa shape index (κ1) is 17.2. The SMILES string of the molecule is CCC(CC)=NNC(=O)COc1cc(C)ccc1C(C)C. The number of nitrogens with zero attached hydrogens (tertiary/aromatic N) is 1. The van der Waals surface area contributed by atoms with Gasteiger partial charge in [-0.3, -0.25) is 4.79 Å². The summed E-state index contributed by atoms with van der Waals surface area (Å²) in [6, 6.07) is 6.08. The summed E-state index contributed by atoms with van der Waals surface area (Å²) in [5.41, 5.74) is 5.74. The number of benzene rings is 1. The quantitative estimate of drug-likeness (QED) is 0.613. The summed E-state index contributed by atoms with van der Waals surface area (Å²) in [5.74, 6) is 0.898. The van der Waals surface area contributed by atoms with Crippen molar-refractivity contribution in [2.45, 2.75) is 53.4 Å². The maximum absolute atomic E-state index is 11.8. The lowest BCUT2D eigenvalue weighted by Gasteiger charge is -2.14. The molecule has 21 heavy (non-hydrogen) atoms. The van der Waals surface area contributed by atoms with Crippen LogP contribution in [0.25, 0.3) is 0 Å². The molecular weight excluding hydrogens is 264 g/mol.